The third kappa shape index (κ3) is 4.34. The number of thiazole rings is 1. The lowest BCUT2D eigenvalue weighted by Gasteiger charge is -2.09. The molecule has 0 aliphatic rings. The van der Waals surface area contributed by atoms with Gasteiger partial charge in [0.25, 0.3) is 0 Å². The first-order chi connectivity index (χ1) is 11.3. The molecule has 0 saturated heterocycles. The maximum absolute atomic E-state index is 12.7. The average molecular weight is 389 g/mol. The molecule has 25 heavy (non-hydrogen) atoms. The standard InChI is InChI=1S/C16H11F3N2O2S.ClH/c17-16(18,19)10-2-1-3-11(7-10)20-15-21-12(8-24-15)9-4-5-13(22)14(23)6-9;/h1-8,22-23H,(H,20,21);1H. The highest BCUT2D eigenvalue weighted by Crippen LogP contribution is 2.34. The molecule has 0 aliphatic carbocycles. The third-order valence-corrected chi connectivity index (χ3v) is 3.97. The van der Waals surface area contributed by atoms with Crippen LogP contribution in [0.5, 0.6) is 11.5 Å². The molecule has 0 amide bonds. The van der Waals surface area contributed by atoms with E-state index in [2.05, 4.69) is 10.3 Å². The van der Waals surface area contributed by atoms with Crippen molar-refractivity contribution in [3.8, 4) is 22.8 Å². The highest BCUT2D eigenvalue weighted by Gasteiger charge is 2.30. The fraction of sp³-hybridized carbons (Fsp3) is 0.0625. The average Bonchev–Trinajstić information content (AvgIpc) is 2.98. The molecular weight excluding hydrogens is 377 g/mol. The molecule has 1 aromatic heterocycles. The predicted molar refractivity (Wildman–Crippen MR) is 92.9 cm³/mol. The summed E-state index contributed by atoms with van der Waals surface area (Å²) in [5.74, 6) is -0.510. The van der Waals surface area contributed by atoms with Crippen LogP contribution in [0.3, 0.4) is 0 Å². The Bertz CT molecular complexity index is 884. The first-order valence-corrected chi connectivity index (χ1v) is 7.63. The van der Waals surface area contributed by atoms with Crippen molar-refractivity contribution in [3.05, 3.63) is 53.4 Å². The van der Waals surface area contributed by atoms with Crippen LogP contribution in [-0.2, 0) is 6.18 Å². The van der Waals surface area contributed by atoms with Crippen LogP contribution < -0.4 is 5.32 Å². The first-order valence-electron chi connectivity index (χ1n) is 6.75. The van der Waals surface area contributed by atoms with Gasteiger partial charge in [-0.05, 0) is 36.4 Å². The van der Waals surface area contributed by atoms with Crippen molar-refractivity contribution in [2.24, 2.45) is 0 Å². The van der Waals surface area contributed by atoms with E-state index in [4.69, 9.17) is 0 Å². The minimum atomic E-state index is -4.41. The van der Waals surface area contributed by atoms with E-state index >= 15 is 0 Å². The quantitative estimate of drug-likeness (QED) is 0.525. The lowest BCUT2D eigenvalue weighted by atomic mass is 10.1. The van der Waals surface area contributed by atoms with Crippen molar-refractivity contribution in [3.63, 3.8) is 0 Å². The van der Waals surface area contributed by atoms with Gasteiger partial charge in [-0.1, -0.05) is 6.07 Å². The Morgan fingerprint density at radius 2 is 1.76 bits per heavy atom. The second-order valence-corrected chi connectivity index (χ2v) is 5.80. The summed E-state index contributed by atoms with van der Waals surface area (Å²) >= 11 is 1.22. The largest absolute Gasteiger partial charge is 0.504 e. The van der Waals surface area contributed by atoms with Crippen LogP contribution in [0.2, 0.25) is 0 Å². The number of hydrogen-bond acceptors (Lipinski definition) is 5. The number of anilines is 2. The van der Waals surface area contributed by atoms with Crippen LogP contribution in [0.4, 0.5) is 24.0 Å². The van der Waals surface area contributed by atoms with Crippen molar-refractivity contribution >= 4 is 34.6 Å². The topological polar surface area (TPSA) is 65.4 Å². The van der Waals surface area contributed by atoms with Crippen molar-refractivity contribution in [1.29, 1.82) is 0 Å². The molecule has 0 spiro atoms. The predicted octanol–water partition coefficient (Wildman–Crippen LogP) is 5.41. The Balaban J connectivity index is 0.00000225. The molecular formula is C16H12ClF3N2O2S. The summed E-state index contributed by atoms with van der Waals surface area (Å²) in [6.45, 7) is 0. The number of halogens is 4. The van der Waals surface area contributed by atoms with Gasteiger partial charge in [-0.25, -0.2) is 4.98 Å². The van der Waals surface area contributed by atoms with Crippen LogP contribution in [0.15, 0.2) is 47.8 Å². The van der Waals surface area contributed by atoms with E-state index in [1.807, 2.05) is 0 Å². The Hall–Kier alpha value is -2.45. The lowest BCUT2D eigenvalue weighted by Crippen LogP contribution is -2.05. The van der Waals surface area contributed by atoms with E-state index < -0.39 is 11.7 Å². The molecule has 3 N–H and O–H groups in total. The fourth-order valence-corrected chi connectivity index (χ4v) is 2.78. The molecule has 0 saturated carbocycles. The number of alkyl halides is 3. The van der Waals surface area contributed by atoms with Gasteiger partial charge >= 0.3 is 6.18 Å². The molecule has 0 atom stereocenters. The number of nitrogens with one attached hydrogen (secondary N) is 1. The van der Waals surface area contributed by atoms with Gasteiger partial charge in [-0.15, -0.1) is 23.7 Å². The van der Waals surface area contributed by atoms with Gasteiger partial charge in [-0.3, -0.25) is 0 Å². The number of benzene rings is 2. The summed E-state index contributed by atoms with van der Waals surface area (Å²) in [4.78, 5) is 4.27. The molecule has 1 heterocycles. The maximum Gasteiger partial charge on any atom is 0.416 e. The van der Waals surface area contributed by atoms with Gasteiger partial charge in [0.2, 0.25) is 0 Å². The summed E-state index contributed by atoms with van der Waals surface area (Å²) in [6, 6.07) is 9.12. The fourth-order valence-electron chi connectivity index (χ4n) is 2.04. The summed E-state index contributed by atoms with van der Waals surface area (Å²) in [5, 5.41) is 23.8. The Morgan fingerprint density at radius 3 is 2.44 bits per heavy atom. The number of aromatic hydroxyl groups is 2. The van der Waals surface area contributed by atoms with Gasteiger partial charge in [-0.2, -0.15) is 13.2 Å². The molecule has 3 rings (SSSR count). The third-order valence-electron chi connectivity index (χ3n) is 3.22. The number of phenols is 2. The van der Waals surface area contributed by atoms with Gasteiger partial charge in [0.05, 0.1) is 11.3 Å². The van der Waals surface area contributed by atoms with Crippen LogP contribution in [0.25, 0.3) is 11.3 Å². The van der Waals surface area contributed by atoms with Crippen LogP contribution >= 0.6 is 23.7 Å². The Morgan fingerprint density at radius 1 is 1.00 bits per heavy atom. The van der Waals surface area contributed by atoms with Crippen molar-refractivity contribution in [1.82, 2.24) is 4.98 Å². The van der Waals surface area contributed by atoms with E-state index in [0.29, 0.717) is 16.4 Å². The van der Waals surface area contributed by atoms with Crippen LogP contribution in [0.1, 0.15) is 5.56 Å². The van der Waals surface area contributed by atoms with Gasteiger partial charge < -0.3 is 15.5 Å². The molecule has 0 fully saturated rings. The molecule has 0 unspecified atom stereocenters. The lowest BCUT2D eigenvalue weighted by molar-refractivity contribution is -0.137. The number of phenolic OH excluding ortho intramolecular Hbond substituents is 2. The van der Waals surface area contributed by atoms with E-state index in [1.54, 1.807) is 11.4 Å². The second kappa shape index (κ2) is 7.20. The minimum Gasteiger partial charge on any atom is -0.504 e. The highest BCUT2D eigenvalue weighted by atomic mass is 35.5. The van der Waals surface area contributed by atoms with Gasteiger partial charge in [0, 0.05) is 16.6 Å². The van der Waals surface area contributed by atoms with E-state index in [1.165, 1.54) is 35.6 Å². The van der Waals surface area contributed by atoms with Crippen LogP contribution in [-0.4, -0.2) is 15.2 Å². The molecule has 2 aromatic carbocycles. The zero-order valence-electron chi connectivity index (χ0n) is 12.4. The SMILES string of the molecule is Cl.Oc1ccc(-c2csc(Nc3cccc(C(F)(F)F)c3)n2)cc1O. The monoisotopic (exact) mass is 388 g/mol. The Kier molecular flexibility index (Phi) is 5.44. The minimum absolute atomic E-state index is 0. The first kappa shape index (κ1) is 18.9. The van der Waals surface area contributed by atoms with Crippen molar-refractivity contribution < 1.29 is 23.4 Å². The molecule has 132 valence electrons. The zero-order chi connectivity index (χ0) is 17.3. The molecule has 4 nitrogen and oxygen atoms in total. The summed E-state index contributed by atoms with van der Waals surface area (Å²) in [7, 11) is 0. The normalized spacial score (nSPS) is 11.0. The molecule has 3 aromatic rings. The number of rotatable bonds is 3. The molecule has 0 aliphatic heterocycles. The summed E-state index contributed by atoms with van der Waals surface area (Å²) in [5.41, 5.74) is 0.649. The summed E-state index contributed by atoms with van der Waals surface area (Å²) in [6.07, 6.45) is -4.41. The van der Waals surface area contributed by atoms with E-state index in [-0.39, 0.29) is 29.6 Å². The van der Waals surface area contributed by atoms with Crippen molar-refractivity contribution in [2.45, 2.75) is 6.18 Å². The van der Waals surface area contributed by atoms with E-state index in [0.717, 1.165) is 12.1 Å². The number of hydrogen-bond donors (Lipinski definition) is 3. The number of aromatic nitrogens is 1. The Labute approximate surface area is 151 Å². The number of nitrogens with zero attached hydrogens (tertiary/aromatic N) is 1. The molecule has 9 heteroatoms. The van der Waals surface area contributed by atoms with Gasteiger partial charge in [0.15, 0.2) is 16.6 Å². The van der Waals surface area contributed by atoms with E-state index in [9.17, 15) is 23.4 Å². The zero-order valence-corrected chi connectivity index (χ0v) is 14.0. The van der Waals surface area contributed by atoms with Crippen LogP contribution in [0, 0.1) is 0 Å². The maximum atomic E-state index is 12.7. The molecule has 0 bridgehead atoms. The van der Waals surface area contributed by atoms with Gasteiger partial charge in [0.1, 0.15) is 0 Å². The molecule has 0 radical (unpaired) electrons. The smallest absolute Gasteiger partial charge is 0.416 e. The van der Waals surface area contributed by atoms with Crippen molar-refractivity contribution in [2.75, 3.05) is 5.32 Å². The highest BCUT2D eigenvalue weighted by molar-refractivity contribution is 7.14. The second-order valence-electron chi connectivity index (χ2n) is 4.94. The summed E-state index contributed by atoms with van der Waals surface area (Å²) < 4.78 is 38.2.